The molecule has 0 unspecified atom stereocenters. The van der Waals surface area contributed by atoms with Crippen LogP contribution in [-0.4, -0.2) is 26.7 Å². The van der Waals surface area contributed by atoms with Crippen LogP contribution in [0.1, 0.15) is 29.7 Å². The topological polar surface area (TPSA) is 101 Å². The van der Waals surface area contributed by atoms with E-state index < -0.39 is 5.97 Å². The Bertz CT molecular complexity index is 746. The first-order chi connectivity index (χ1) is 10.1. The van der Waals surface area contributed by atoms with E-state index in [1.807, 2.05) is 18.2 Å². The second-order valence-electron chi connectivity index (χ2n) is 5.26. The molecule has 110 valence electrons. The van der Waals surface area contributed by atoms with Crippen LogP contribution in [0.5, 0.6) is 0 Å². The molecule has 0 fully saturated rings. The second kappa shape index (κ2) is 5.12. The number of carboxylic acids is 1. The number of aliphatic carboxylic acids is 1. The van der Waals surface area contributed by atoms with Crippen molar-refractivity contribution in [3.05, 3.63) is 35.0 Å². The van der Waals surface area contributed by atoms with Gasteiger partial charge in [-0.1, -0.05) is 17.3 Å². The van der Waals surface area contributed by atoms with Crippen LogP contribution in [0, 0.1) is 0 Å². The zero-order chi connectivity index (χ0) is 15.0. The molecule has 3 rings (SSSR count). The number of oxime groups is 1. The molecule has 0 amide bonds. The maximum Gasteiger partial charge on any atom is 0.305 e. The van der Waals surface area contributed by atoms with Crippen LogP contribution in [0.15, 0.2) is 23.4 Å². The van der Waals surface area contributed by atoms with E-state index >= 15 is 0 Å². The predicted molar refractivity (Wildman–Crippen MR) is 78.7 cm³/mol. The molecule has 0 aliphatic heterocycles. The van der Waals surface area contributed by atoms with E-state index in [1.54, 1.807) is 0 Å². The quantitative estimate of drug-likeness (QED) is 0.345. The van der Waals surface area contributed by atoms with E-state index in [0.29, 0.717) is 12.1 Å². The number of rotatable bonds is 4. The lowest BCUT2D eigenvalue weighted by atomic mass is 10.0. The van der Waals surface area contributed by atoms with Gasteiger partial charge in [-0.2, -0.15) is 0 Å². The van der Waals surface area contributed by atoms with Gasteiger partial charge in [-0.25, -0.2) is 0 Å². The summed E-state index contributed by atoms with van der Waals surface area (Å²) in [4.78, 5) is 10.9. The number of fused-ring (bicyclic) bond motifs is 3. The van der Waals surface area contributed by atoms with Gasteiger partial charge in [-0.3, -0.25) is 4.79 Å². The summed E-state index contributed by atoms with van der Waals surface area (Å²) in [7, 11) is 0. The molecule has 0 radical (unpaired) electrons. The molecule has 1 aromatic carbocycles. The van der Waals surface area contributed by atoms with Crippen molar-refractivity contribution in [3.63, 3.8) is 0 Å². The number of hydrogen-bond donors (Lipinski definition) is 3. The molecular formula is C15H17N3O3. The molecule has 0 saturated heterocycles. The van der Waals surface area contributed by atoms with Gasteiger partial charge < -0.3 is 20.6 Å². The summed E-state index contributed by atoms with van der Waals surface area (Å²) in [5.41, 5.74) is 9.85. The number of hydrogen-bond acceptors (Lipinski definition) is 3. The van der Waals surface area contributed by atoms with E-state index in [9.17, 15) is 4.79 Å². The highest BCUT2D eigenvalue weighted by molar-refractivity contribution is 6.10. The molecule has 2 aromatic rings. The minimum atomic E-state index is -0.809. The monoisotopic (exact) mass is 287 g/mol. The van der Waals surface area contributed by atoms with Gasteiger partial charge in [0.1, 0.15) is 0 Å². The van der Waals surface area contributed by atoms with Gasteiger partial charge >= 0.3 is 5.97 Å². The average molecular weight is 287 g/mol. The fraction of sp³-hybridized carbons (Fsp3) is 0.333. The molecule has 21 heavy (non-hydrogen) atoms. The summed E-state index contributed by atoms with van der Waals surface area (Å²) >= 11 is 0. The number of benzene rings is 1. The fourth-order valence-electron chi connectivity index (χ4n) is 3.25. The summed E-state index contributed by atoms with van der Waals surface area (Å²) in [5, 5.41) is 22.0. The van der Waals surface area contributed by atoms with E-state index in [-0.39, 0.29) is 12.3 Å². The first-order valence-electron chi connectivity index (χ1n) is 6.96. The zero-order valence-corrected chi connectivity index (χ0v) is 11.5. The van der Waals surface area contributed by atoms with Crippen molar-refractivity contribution < 1.29 is 15.1 Å². The van der Waals surface area contributed by atoms with Gasteiger partial charge in [0, 0.05) is 28.7 Å². The maximum absolute atomic E-state index is 10.9. The standard InChI is InChI=1S/C15H17N3O3/c16-15(17-21)10-4-2-6-12-14(10)9-3-1-5-11(9)18(12)8-7-13(19)20/h2,4,6,21H,1,3,5,7-8H2,(H2,16,17)(H,19,20). The zero-order valence-electron chi connectivity index (χ0n) is 11.5. The van der Waals surface area contributed by atoms with Gasteiger partial charge in [-0.15, -0.1) is 0 Å². The molecule has 0 atom stereocenters. The summed E-state index contributed by atoms with van der Waals surface area (Å²) in [5.74, 6) is -0.720. The van der Waals surface area contributed by atoms with Crippen molar-refractivity contribution in [1.29, 1.82) is 0 Å². The van der Waals surface area contributed by atoms with Crippen LogP contribution in [0.3, 0.4) is 0 Å². The van der Waals surface area contributed by atoms with Gasteiger partial charge in [0.2, 0.25) is 0 Å². The molecule has 6 nitrogen and oxygen atoms in total. The van der Waals surface area contributed by atoms with Crippen LogP contribution < -0.4 is 5.73 Å². The lowest BCUT2D eigenvalue weighted by Gasteiger charge is -2.08. The second-order valence-corrected chi connectivity index (χ2v) is 5.26. The Balaban J connectivity index is 2.23. The van der Waals surface area contributed by atoms with Gasteiger partial charge in [0.15, 0.2) is 5.84 Å². The number of carboxylic acid groups (broad SMARTS) is 1. The number of aromatic nitrogens is 1. The minimum Gasteiger partial charge on any atom is -0.481 e. The van der Waals surface area contributed by atoms with Crippen molar-refractivity contribution in [1.82, 2.24) is 4.57 Å². The highest BCUT2D eigenvalue weighted by Gasteiger charge is 2.24. The van der Waals surface area contributed by atoms with E-state index in [1.165, 1.54) is 11.3 Å². The fourth-order valence-corrected chi connectivity index (χ4v) is 3.25. The third kappa shape index (κ3) is 2.12. The predicted octanol–water partition coefficient (Wildman–Crippen LogP) is 1.70. The molecule has 1 aromatic heterocycles. The van der Waals surface area contributed by atoms with Crippen LogP contribution in [0.4, 0.5) is 0 Å². The first kappa shape index (κ1) is 13.5. The van der Waals surface area contributed by atoms with Crippen molar-refractivity contribution in [2.24, 2.45) is 10.9 Å². The SMILES string of the molecule is N/C(=N\O)c1cccc2c1c1c(n2CCC(=O)O)CCC1. The van der Waals surface area contributed by atoms with Crippen LogP contribution in [-0.2, 0) is 24.2 Å². The average Bonchev–Trinajstić information content (AvgIpc) is 3.04. The number of carbonyl (C=O) groups is 1. The lowest BCUT2D eigenvalue weighted by Crippen LogP contribution is -2.13. The molecule has 1 aliphatic rings. The highest BCUT2D eigenvalue weighted by atomic mass is 16.4. The molecule has 1 heterocycles. The van der Waals surface area contributed by atoms with Crippen LogP contribution >= 0.6 is 0 Å². The molecule has 0 bridgehead atoms. The number of amidine groups is 1. The Morgan fingerprint density at radius 1 is 1.38 bits per heavy atom. The van der Waals surface area contributed by atoms with Gasteiger partial charge in [0.25, 0.3) is 0 Å². The summed E-state index contributed by atoms with van der Waals surface area (Å²) < 4.78 is 2.07. The van der Waals surface area contributed by atoms with Gasteiger partial charge in [-0.05, 0) is 30.9 Å². The van der Waals surface area contributed by atoms with E-state index in [4.69, 9.17) is 16.0 Å². The summed E-state index contributed by atoms with van der Waals surface area (Å²) in [6, 6.07) is 5.64. The molecule has 1 aliphatic carbocycles. The molecule has 4 N–H and O–H groups in total. The van der Waals surface area contributed by atoms with Crippen molar-refractivity contribution in [2.75, 3.05) is 0 Å². The van der Waals surface area contributed by atoms with Crippen molar-refractivity contribution in [2.45, 2.75) is 32.2 Å². The first-order valence-corrected chi connectivity index (χ1v) is 6.96. The van der Waals surface area contributed by atoms with Crippen LogP contribution in [0.2, 0.25) is 0 Å². The normalized spacial score (nSPS) is 14.6. The Morgan fingerprint density at radius 3 is 2.90 bits per heavy atom. The minimum absolute atomic E-state index is 0.0873. The van der Waals surface area contributed by atoms with Crippen molar-refractivity contribution in [3.8, 4) is 0 Å². The number of aryl methyl sites for hydroxylation is 2. The Morgan fingerprint density at radius 2 is 2.19 bits per heavy atom. The molecule has 0 spiro atoms. The highest BCUT2D eigenvalue weighted by Crippen LogP contribution is 2.35. The van der Waals surface area contributed by atoms with Crippen LogP contribution in [0.25, 0.3) is 10.9 Å². The maximum atomic E-state index is 10.9. The molecule has 6 heteroatoms. The molecule has 0 saturated carbocycles. The smallest absolute Gasteiger partial charge is 0.305 e. The summed E-state index contributed by atoms with van der Waals surface area (Å²) in [6.45, 7) is 0.445. The molecular weight excluding hydrogens is 270 g/mol. The van der Waals surface area contributed by atoms with E-state index in [2.05, 4.69) is 9.72 Å². The Hall–Kier alpha value is -2.50. The summed E-state index contributed by atoms with van der Waals surface area (Å²) in [6.07, 6.45) is 3.03. The lowest BCUT2D eigenvalue weighted by molar-refractivity contribution is -0.137. The largest absolute Gasteiger partial charge is 0.481 e. The third-order valence-electron chi connectivity index (χ3n) is 4.08. The van der Waals surface area contributed by atoms with E-state index in [0.717, 1.165) is 30.2 Å². The third-order valence-corrected chi connectivity index (χ3v) is 4.08. The Labute approximate surface area is 121 Å². The van der Waals surface area contributed by atoms with Crippen molar-refractivity contribution >= 4 is 22.7 Å². The Kier molecular flexibility index (Phi) is 3.29. The van der Waals surface area contributed by atoms with Gasteiger partial charge in [0.05, 0.1) is 6.42 Å². The number of nitrogens with zero attached hydrogens (tertiary/aromatic N) is 2. The number of nitrogens with two attached hydrogens (primary N) is 1.